The van der Waals surface area contributed by atoms with Crippen molar-refractivity contribution < 1.29 is 9.18 Å². The Morgan fingerprint density at radius 3 is 2.61 bits per heavy atom. The van der Waals surface area contributed by atoms with Gasteiger partial charge in [0.05, 0.1) is 17.3 Å². The number of anilines is 1. The molecular formula is C27H25FN2O. The molecule has 0 spiro atoms. The molecular weight excluding hydrogens is 387 g/mol. The van der Waals surface area contributed by atoms with Gasteiger partial charge in [-0.3, -0.25) is 4.79 Å². The molecule has 1 aliphatic carbocycles. The topological polar surface area (TPSA) is 41.1 Å². The first-order valence-electron chi connectivity index (χ1n) is 10.8. The lowest BCUT2D eigenvalue weighted by Gasteiger charge is -2.38. The maximum atomic E-state index is 13.5. The molecule has 3 aromatic carbocycles. The van der Waals surface area contributed by atoms with E-state index in [1.54, 1.807) is 0 Å². The fraction of sp³-hybridized carbons (Fsp3) is 0.222. The molecule has 3 unspecified atom stereocenters. The van der Waals surface area contributed by atoms with Crippen LogP contribution in [0.5, 0.6) is 0 Å². The van der Waals surface area contributed by atoms with Gasteiger partial charge in [-0.1, -0.05) is 66.7 Å². The van der Waals surface area contributed by atoms with Crippen molar-refractivity contribution in [3.63, 3.8) is 0 Å². The molecule has 31 heavy (non-hydrogen) atoms. The summed E-state index contributed by atoms with van der Waals surface area (Å²) in [6.45, 7) is 0.583. The number of carbonyl (C=O) groups excluding carboxylic acids is 1. The molecule has 3 aromatic rings. The third-order valence-electron chi connectivity index (χ3n) is 6.41. The van der Waals surface area contributed by atoms with Gasteiger partial charge in [-0.15, -0.1) is 0 Å². The smallest absolute Gasteiger partial charge is 0.253 e. The summed E-state index contributed by atoms with van der Waals surface area (Å²) < 4.78 is 13.5. The molecule has 3 atom stereocenters. The van der Waals surface area contributed by atoms with Crippen LogP contribution in [-0.2, 0) is 6.42 Å². The number of halogens is 1. The zero-order chi connectivity index (χ0) is 21.2. The summed E-state index contributed by atoms with van der Waals surface area (Å²) in [6, 6.07) is 22.8. The highest BCUT2D eigenvalue weighted by Gasteiger charge is 2.39. The van der Waals surface area contributed by atoms with Gasteiger partial charge in [-0.05, 0) is 53.6 Å². The standard InChI is InChI=1S/C27H25FN2O/c28-20-14-12-19(13-15-20)25-22-9-4-8-21(22)23-10-5-11-24(26(23)30-25)27(31)29-17-16-18-6-2-1-3-7-18/h1-8,10-15,21-22,25,30H,9,16-17H2,(H,29,31). The second-order valence-corrected chi connectivity index (χ2v) is 8.29. The van der Waals surface area contributed by atoms with E-state index < -0.39 is 0 Å². The average Bonchev–Trinajstić information content (AvgIpc) is 3.30. The number of benzene rings is 3. The number of hydrogen-bond donors (Lipinski definition) is 2. The third kappa shape index (κ3) is 3.86. The Balaban J connectivity index is 1.40. The minimum absolute atomic E-state index is 0.0337. The highest BCUT2D eigenvalue weighted by molar-refractivity contribution is 6.00. The molecule has 4 heteroatoms. The lowest BCUT2D eigenvalue weighted by Crippen LogP contribution is -2.32. The maximum absolute atomic E-state index is 13.5. The summed E-state index contributed by atoms with van der Waals surface area (Å²) in [5.41, 5.74) is 4.96. The van der Waals surface area contributed by atoms with E-state index in [0.29, 0.717) is 18.0 Å². The molecule has 0 saturated carbocycles. The van der Waals surface area contributed by atoms with Crippen molar-refractivity contribution in [2.45, 2.75) is 24.8 Å². The van der Waals surface area contributed by atoms with Crippen molar-refractivity contribution in [2.75, 3.05) is 11.9 Å². The Hall–Kier alpha value is -3.40. The van der Waals surface area contributed by atoms with E-state index in [9.17, 15) is 9.18 Å². The molecule has 1 amide bonds. The number of amides is 1. The van der Waals surface area contributed by atoms with Crippen LogP contribution in [0.3, 0.4) is 0 Å². The van der Waals surface area contributed by atoms with E-state index >= 15 is 0 Å². The van der Waals surface area contributed by atoms with Crippen LogP contribution >= 0.6 is 0 Å². The lowest BCUT2D eigenvalue weighted by atomic mass is 9.76. The van der Waals surface area contributed by atoms with Crippen molar-refractivity contribution in [1.29, 1.82) is 0 Å². The highest BCUT2D eigenvalue weighted by Crippen LogP contribution is 2.50. The Bertz CT molecular complexity index is 1110. The van der Waals surface area contributed by atoms with Gasteiger partial charge in [0.15, 0.2) is 0 Å². The molecule has 0 saturated heterocycles. The number of rotatable bonds is 5. The molecule has 0 aromatic heterocycles. The van der Waals surface area contributed by atoms with Crippen LogP contribution in [0.2, 0.25) is 0 Å². The third-order valence-corrected chi connectivity index (χ3v) is 6.41. The number of fused-ring (bicyclic) bond motifs is 3. The van der Waals surface area contributed by atoms with Crippen LogP contribution in [0.25, 0.3) is 0 Å². The molecule has 156 valence electrons. The van der Waals surface area contributed by atoms with Crippen LogP contribution in [0.15, 0.2) is 84.9 Å². The normalized spacial score (nSPS) is 21.1. The van der Waals surface area contributed by atoms with Crippen LogP contribution in [-0.4, -0.2) is 12.5 Å². The zero-order valence-corrected chi connectivity index (χ0v) is 17.2. The first-order chi connectivity index (χ1) is 15.2. The van der Waals surface area contributed by atoms with E-state index in [1.165, 1.54) is 17.7 Å². The molecule has 1 heterocycles. The molecule has 5 rings (SSSR count). The molecule has 3 nitrogen and oxygen atoms in total. The van der Waals surface area contributed by atoms with E-state index in [-0.39, 0.29) is 23.7 Å². The molecule has 0 radical (unpaired) electrons. The molecule has 2 N–H and O–H groups in total. The molecule has 2 aliphatic rings. The van der Waals surface area contributed by atoms with Gasteiger partial charge in [0.2, 0.25) is 0 Å². The van der Waals surface area contributed by atoms with Gasteiger partial charge in [0, 0.05) is 12.5 Å². The maximum Gasteiger partial charge on any atom is 0.253 e. The van der Waals surface area contributed by atoms with E-state index in [4.69, 9.17) is 0 Å². The fourth-order valence-electron chi connectivity index (χ4n) is 4.87. The quantitative estimate of drug-likeness (QED) is 0.534. The summed E-state index contributed by atoms with van der Waals surface area (Å²) in [6.07, 6.45) is 6.22. The molecule has 0 fully saturated rings. The van der Waals surface area contributed by atoms with Crippen LogP contribution < -0.4 is 10.6 Å². The Kier molecular flexibility index (Phi) is 5.29. The number of carbonyl (C=O) groups is 1. The molecule has 1 aliphatic heterocycles. The van der Waals surface area contributed by atoms with E-state index in [2.05, 4.69) is 41.0 Å². The highest BCUT2D eigenvalue weighted by atomic mass is 19.1. The fourth-order valence-corrected chi connectivity index (χ4v) is 4.87. The van der Waals surface area contributed by atoms with Gasteiger partial charge in [0.25, 0.3) is 5.91 Å². The van der Waals surface area contributed by atoms with Crippen molar-refractivity contribution in [3.05, 3.63) is 113 Å². The van der Waals surface area contributed by atoms with Crippen LogP contribution in [0, 0.1) is 11.7 Å². The number of para-hydroxylation sites is 1. The lowest BCUT2D eigenvalue weighted by molar-refractivity contribution is 0.0954. The Morgan fingerprint density at radius 2 is 1.81 bits per heavy atom. The summed E-state index contributed by atoms with van der Waals surface area (Å²) in [5, 5.41) is 6.71. The summed E-state index contributed by atoms with van der Waals surface area (Å²) in [4.78, 5) is 13.1. The monoisotopic (exact) mass is 412 g/mol. The van der Waals surface area contributed by atoms with Crippen molar-refractivity contribution in [1.82, 2.24) is 5.32 Å². The van der Waals surface area contributed by atoms with E-state index in [1.807, 2.05) is 42.5 Å². The second-order valence-electron chi connectivity index (χ2n) is 8.29. The summed E-state index contributed by atoms with van der Waals surface area (Å²) in [5.74, 6) is 0.302. The van der Waals surface area contributed by atoms with Gasteiger partial charge < -0.3 is 10.6 Å². The minimum atomic E-state index is -0.237. The first-order valence-corrected chi connectivity index (χ1v) is 10.8. The van der Waals surface area contributed by atoms with Gasteiger partial charge in [0.1, 0.15) is 5.82 Å². The predicted octanol–water partition coefficient (Wildman–Crippen LogP) is 5.62. The van der Waals surface area contributed by atoms with Gasteiger partial charge in [-0.25, -0.2) is 4.39 Å². The zero-order valence-electron chi connectivity index (χ0n) is 17.2. The van der Waals surface area contributed by atoms with Gasteiger partial charge in [-0.2, -0.15) is 0 Å². The average molecular weight is 413 g/mol. The van der Waals surface area contributed by atoms with Crippen molar-refractivity contribution in [2.24, 2.45) is 5.92 Å². The van der Waals surface area contributed by atoms with Crippen molar-refractivity contribution in [3.8, 4) is 0 Å². The van der Waals surface area contributed by atoms with E-state index in [0.717, 1.165) is 29.7 Å². The summed E-state index contributed by atoms with van der Waals surface area (Å²) in [7, 11) is 0. The molecule has 0 bridgehead atoms. The number of hydrogen-bond acceptors (Lipinski definition) is 2. The minimum Gasteiger partial charge on any atom is -0.377 e. The van der Waals surface area contributed by atoms with Crippen LogP contribution in [0.1, 0.15) is 45.4 Å². The van der Waals surface area contributed by atoms with Crippen LogP contribution in [0.4, 0.5) is 10.1 Å². The predicted molar refractivity (Wildman–Crippen MR) is 122 cm³/mol. The first kappa shape index (κ1) is 19.6. The Labute approximate surface area is 182 Å². The van der Waals surface area contributed by atoms with Gasteiger partial charge >= 0.3 is 0 Å². The SMILES string of the molecule is O=C(NCCc1ccccc1)c1cccc2c1NC(c1ccc(F)cc1)C1CC=CC21. The number of allylic oxidation sites excluding steroid dienone is 2. The Morgan fingerprint density at radius 1 is 1.00 bits per heavy atom. The largest absolute Gasteiger partial charge is 0.377 e. The van der Waals surface area contributed by atoms with Crippen molar-refractivity contribution >= 4 is 11.6 Å². The summed E-state index contributed by atoms with van der Waals surface area (Å²) >= 11 is 0. The number of nitrogens with one attached hydrogen (secondary N) is 2. The second kappa shape index (κ2) is 8.38.